The van der Waals surface area contributed by atoms with Crippen LogP contribution < -0.4 is 0 Å². The van der Waals surface area contributed by atoms with Crippen LogP contribution in [0.15, 0.2) is 18.5 Å². The van der Waals surface area contributed by atoms with Crippen LogP contribution in [0.2, 0.25) is 0 Å². The SMILES string of the molecule is CC#CCCn1ccc(CO)c1. The van der Waals surface area contributed by atoms with Crippen molar-refractivity contribution < 1.29 is 5.11 Å². The Hall–Kier alpha value is -1.20. The number of hydrogen-bond donors (Lipinski definition) is 1. The topological polar surface area (TPSA) is 25.2 Å². The fourth-order valence-corrected chi connectivity index (χ4v) is 1.03. The average Bonchev–Trinajstić information content (AvgIpc) is 2.53. The van der Waals surface area contributed by atoms with Crippen LogP contribution in [0.5, 0.6) is 0 Å². The molecule has 12 heavy (non-hydrogen) atoms. The average molecular weight is 163 g/mol. The highest BCUT2D eigenvalue weighted by atomic mass is 16.3. The Kier molecular flexibility index (Phi) is 3.43. The second-order valence-electron chi connectivity index (χ2n) is 2.59. The molecule has 0 aliphatic carbocycles. The van der Waals surface area contributed by atoms with Crippen molar-refractivity contribution in [2.45, 2.75) is 26.5 Å². The van der Waals surface area contributed by atoms with Crippen molar-refractivity contribution in [2.24, 2.45) is 0 Å². The maximum atomic E-state index is 8.78. The van der Waals surface area contributed by atoms with Gasteiger partial charge in [0.05, 0.1) is 6.61 Å². The Bertz CT molecular complexity index is 290. The van der Waals surface area contributed by atoms with E-state index in [4.69, 9.17) is 5.11 Å². The highest BCUT2D eigenvalue weighted by Gasteiger charge is 1.92. The van der Waals surface area contributed by atoms with Gasteiger partial charge in [0.25, 0.3) is 0 Å². The van der Waals surface area contributed by atoms with Crippen molar-refractivity contribution in [2.75, 3.05) is 0 Å². The summed E-state index contributed by atoms with van der Waals surface area (Å²) in [4.78, 5) is 0. The van der Waals surface area contributed by atoms with E-state index >= 15 is 0 Å². The lowest BCUT2D eigenvalue weighted by molar-refractivity contribution is 0.281. The number of nitrogens with zero attached hydrogens (tertiary/aromatic N) is 1. The predicted molar refractivity (Wildman–Crippen MR) is 48.4 cm³/mol. The smallest absolute Gasteiger partial charge is 0.0696 e. The van der Waals surface area contributed by atoms with Crippen LogP contribution in [-0.2, 0) is 13.2 Å². The molecule has 0 aromatic carbocycles. The number of aromatic nitrogens is 1. The van der Waals surface area contributed by atoms with Gasteiger partial charge in [-0.15, -0.1) is 11.8 Å². The summed E-state index contributed by atoms with van der Waals surface area (Å²) in [5, 5.41) is 8.78. The van der Waals surface area contributed by atoms with Gasteiger partial charge in [-0.25, -0.2) is 0 Å². The van der Waals surface area contributed by atoms with Crippen molar-refractivity contribution in [3.8, 4) is 11.8 Å². The maximum Gasteiger partial charge on any atom is 0.0696 e. The van der Waals surface area contributed by atoms with Crippen LogP contribution in [0.4, 0.5) is 0 Å². The van der Waals surface area contributed by atoms with Gasteiger partial charge >= 0.3 is 0 Å². The standard InChI is InChI=1S/C10H13NO/c1-2-3-4-6-11-7-5-10(8-11)9-12/h5,7-8,12H,4,6,9H2,1H3. The molecule has 0 radical (unpaired) electrons. The highest BCUT2D eigenvalue weighted by Crippen LogP contribution is 2.01. The molecule has 2 heteroatoms. The molecule has 0 aliphatic rings. The zero-order chi connectivity index (χ0) is 8.81. The lowest BCUT2D eigenvalue weighted by Crippen LogP contribution is -1.92. The molecule has 1 aromatic heterocycles. The van der Waals surface area contributed by atoms with Gasteiger partial charge in [-0.2, -0.15) is 0 Å². The van der Waals surface area contributed by atoms with E-state index in [1.165, 1.54) is 0 Å². The Labute approximate surface area is 72.8 Å². The number of aliphatic hydroxyl groups excluding tert-OH is 1. The van der Waals surface area contributed by atoms with Crippen molar-refractivity contribution in [1.82, 2.24) is 4.57 Å². The van der Waals surface area contributed by atoms with Crippen LogP contribution in [0.3, 0.4) is 0 Å². The van der Waals surface area contributed by atoms with Crippen molar-refractivity contribution in [3.05, 3.63) is 24.0 Å². The molecule has 1 aromatic rings. The number of rotatable bonds is 3. The Balaban J connectivity index is 2.45. The van der Waals surface area contributed by atoms with Gasteiger partial charge in [0.15, 0.2) is 0 Å². The maximum absolute atomic E-state index is 8.78. The minimum absolute atomic E-state index is 0.118. The molecule has 2 nitrogen and oxygen atoms in total. The van der Waals surface area contributed by atoms with Crippen LogP contribution in [0.25, 0.3) is 0 Å². The number of hydrogen-bond acceptors (Lipinski definition) is 1. The Morgan fingerprint density at radius 1 is 1.58 bits per heavy atom. The van der Waals surface area contributed by atoms with Crippen LogP contribution >= 0.6 is 0 Å². The van der Waals surface area contributed by atoms with Gasteiger partial charge in [0, 0.05) is 25.4 Å². The molecule has 0 saturated heterocycles. The predicted octanol–water partition coefficient (Wildman–Crippen LogP) is 1.39. The molecule has 0 aliphatic heterocycles. The molecule has 0 saturated carbocycles. The molecule has 0 atom stereocenters. The Morgan fingerprint density at radius 2 is 2.42 bits per heavy atom. The lowest BCUT2D eigenvalue weighted by atomic mass is 10.4. The van der Waals surface area contributed by atoms with Gasteiger partial charge < -0.3 is 9.67 Å². The minimum Gasteiger partial charge on any atom is -0.392 e. The zero-order valence-electron chi connectivity index (χ0n) is 7.25. The van der Waals surface area contributed by atoms with E-state index < -0.39 is 0 Å². The molecule has 64 valence electrons. The summed E-state index contributed by atoms with van der Waals surface area (Å²) in [6, 6.07) is 1.92. The van der Waals surface area contributed by atoms with Crippen molar-refractivity contribution in [1.29, 1.82) is 0 Å². The molecule has 1 N–H and O–H groups in total. The summed E-state index contributed by atoms with van der Waals surface area (Å²) in [7, 11) is 0. The molecule has 1 rings (SSSR count). The van der Waals surface area contributed by atoms with E-state index in [1.54, 1.807) is 0 Å². The molecule has 0 unspecified atom stereocenters. The second kappa shape index (κ2) is 4.63. The normalized spacial score (nSPS) is 9.17. The third kappa shape index (κ3) is 2.44. The summed E-state index contributed by atoms with van der Waals surface area (Å²) in [6.45, 7) is 2.86. The summed E-state index contributed by atoms with van der Waals surface area (Å²) < 4.78 is 2.04. The fraction of sp³-hybridized carbons (Fsp3) is 0.400. The first-order valence-electron chi connectivity index (χ1n) is 4.02. The summed E-state index contributed by atoms with van der Waals surface area (Å²) >= 11 is 0. The van der Waals surface area contributed by atoms with Crippen LogP contribution in [-0.4, -0.2) is 9.67 Å². The van der Waals surface area contributed by atoms with Crippen LogP contribution in [0, 0.1) is 11.8 Å². The Morgan fingerprint density at radius 3 is 3.00 bits per heavy atom. The molecular weight excluding hydrogens is 150 g/mol. The van der Waals surface area contributed by atoms with Gasteiger partial charge in [0.2, 0.25) is 0 Å². The zero-order valence-corrected chi connectivity index (χ0v) is 7.25. The fourth-order valence-electron chi connectivity index (χ4n) is 1.03. The summed E-state index contributed by atoms with van der Waals surface area (Å²) in [5.41, 5.74) is 0.958. The number of aryl methyl sites for hydroxylation is 1. The van der Waals surface area contributed by atoms with E-state index in [0.717, 1.165) is 18.5 Å². The molecule has 0 amide bonds. The van der Waals surface area contributed by atoms with Gasteiger partial charge in [-0.3, -0.25) is 0 Å². The minimum atomic E-state index is 0.118. The highest BCUT2D eigenvalue weighted by molar-refractivity contribution is 5.08. The largest absolute Gasteiger partial charge is 0.392 e. The third-order valence-electron chi connectivity index (χ3n) is 1.67. The quantitative estimate of drug-likeness (QED) is 0.669. The molecular formula is C10H13NO. The van der Waals surface area contributed by atoms with E-state index in [0.29, 0.717) is 0 Å². The molecule has 0 bridgehead atoms. The molecule has 1 heterocycles. The van der Waals surface area contributed by atoms with Gasteiger partial charge in [0.1, 0.15) is 0 Å². The summed E-state index contributed by atoms with van der Waals surface area (Å²) in [5.74, 6) is 5.84. The van der Waals surface area contributed by atoms with Crippen molar-refractivity contribution in [3.63, 3.8) is 0 Å². The first-order chi connectivity index (χ1) is 5.86. The third-order valence-corrected chi connectivity index (χ3v) is 1.67. The van der Waals surface area contributed by atoms with E-state index in [2.05, 4.69) is 11.8 Å². The first kappa shape index (κ1) is 8.89. The van der Waals surface area contributed by atoms with E-state index in [9.17, 15) is 0 Å². The van der Waals surface area contributed by atoms with Crippen molar-refractivity contribution >= 4 is 0 Å². The van der Waals surface area contributed by atoms with Gasteiger partial charge in [-0.05, 0) is 18.6 Å². The van der Waals surface area contributed by atoms with Gasteiger partial charge in [-0.1, -0.05) is 0 Å². The molecule has 0 spiro atoms. The molecule has 0 fully saturated rings. The van der Waals surface area contributed by atoms with Crippen LogP contribution in [0.1, 0.15) is 18.9 Å². The lowest BCUT2D eigenvalue weighted by Gasteiger charge is -1.96. The summed E-state index contributed by atoms with van der Waals surface area (Å²) in [6.07, 6.45) is 4.77. The number of aliphatic hydroxyl groups is 1. The van der Waals surface area contributed by atoms with E-state index in [-0.39, 0.29) is 6.61 Å². The second-order valence-corrected chi connectivity index (χ2v) is 2.59. The monoisotopic (exact) mass is 163 g/mol. The van der Waals surface area contributed by atoms with E-state index in [1.807, 2.05) is 30.0 Å². The first-order valence-corrected chi connectivity index (χ1v) is 4.02.